The Morgan fingerprint density at radius 3 is 2.52 bits per heavy atom. The van der Waals surface area contributed by atoms with Crippen LogP contribution in [0.5, 0.6) is 0 Å². The third-order valence-electron chi connectivity index (χ3n) is 3.71. The average molecular weight is 459 g/mol. The van der Waals surface area contributed by atoms with Crippen LogP contribution < -0.4 is 9.73 Å². The van der Waals surface area contributed by atoms with E-state index in [1.165, 1.54) is 36.4 Å². The second-order valence-electron chi connectivity index (χ2n) is 5.88. The number of nitrogens with one attached hydrogen (secondary N) is 1. The third kappa shape index (κ3) is 5.89. The Morgan fingerprint density at radius 1 is 1.24 bits per heavy atom. The number of anilines is 1. The van der Waals surface area contributed by atoms with E-state index >= 15 is 0 Å². The van der Waals surface area contributed by atoms with E-state index in [1.54, 1.807) is 13.0 Å². The Morgan fingerprint density at radius 2 is 1.90 bits per heavy atom. The van der Waals surface area contributed by atoms with Crippen molar-refractivity contribution in [3.05, 3.63) is 68.2 Å². The minimum atomic E-state index is -3.85. The molecule has 0 unspecified atom stereocenters. The maximum Gasteiger partial charge on any atom is 0.270 e. The number of hydrazone groups is 1. The standard InChI is InChI=1S/C17H16Cl2N4O5S/c1-11(12-5-3-6-13(9-12)23(25)26)20-21-16(24)10-22(29(2,27)28)15-8-4-7-14(18)17(15)19/h3-9H,10H2,1-2H3,(H,21,24)/b20-11-. The summed E-state index contributed by atoms with van der Waals surface area (Å²) in [5.74, 6) is -0.740. The average Bonchev–Trinajstić information content (AvgIpc) is 2.66. The Balaban J connectivity index is 2.21. The molecule has 0 atom stereocenters. The van der Waals surface area contributed by atoms with Gasteiger partial charge in [-0.1, -0.05) is 41.4 Å². The summed E-state index contributed by atoms with van der Waals surface area (Å²) < 4.78 is 25.1. The van der Waals surface area contributed by atoms with Gasteiger partial charge in [0.15, 0.2) is 0 Å². The molecule has 29 heavy (non-hydrogen) atoms. The molecule has 12 heteroatoms. The number of benzene rings is 2. The van der Waals surface area contributed by atoms with Crippen molar-refractivity contribution in [2.75, 3.05) is 17.1 Å². The van der Waals surface area contributed by atoms with Crippen LogP contribution in [0.1, 0.15) is 12.5 Å². The van der Waals surface area contributed by atoms with Crippen molar-refractivity contribution in [1.29, 1.82) is 0 Å². The van der Waals surface area contributed by atoms with Gasteiger partial charge >= 0.3 is 0 Å². The molecule has 0 heterocycles. The Hall–Kier alpha value is -2.69. The lowest BCUT2D eigenvalue weighted by Gasteiger charge is -2.22. The predicted octanol–water partition coefficient (Wildman–Crippen LogP) is 3.21. The van der Waals surface area contributed by atoms with E-state index in [1.807, 2.05) is 0 Å². The minimum Gasteiger partial charge on any atom is -0.271 e. The monoisotopic (exact) mass is 458 g/mol. The number of non-ortho nitro benzene ring substituents is 1. The minimum absolute atomic E-state index is 0.0105. The van der Waals surface area contributed by atoms with Crippen molar-refractivity contribution in [3.8, 4) is 0 Å². The summed E-state index contributed by atoms with van der Waals surface area (Å²) in [6, 6.07) is 10.1. The summed E-state index contributed by atoms with van der Waals surface area (Å²) in [6.07, 6.45) is 0.926. The lowest BCUT2D eigenvalue weighted by atomic mass is 10.1. The van der Waals surface area contributed by atoms with Gasteiger partial charge in [0.05, 0.1) is 32.6 Å². The molecule has 0 aliphatic heterocycles. The molecule has 0 fully saturated rings. The molecule has 0 saturated carbocycles. The van der Waals surface area contributed by atoms with Crippen molar-refractivity contribution >= 4 is 56.2 Å². The predicted molar refractivity (Wildman–Crippen MR) is 112 cm³/mol. The number of halogens is 2. The molecule has 2 aromatic carbocycles. The molecular weight excluding hydrogens is 443 g/mol. The Bertz CT molecular complexity index is 1090. The van der Waals surface area contributed by atoms with Gasteiger partial charge in [0.25, 0.3) is 11.6 Å². The van der Waals surface area contributed by atoms with Crippen molar-refractivity contribution in [1.82, 2.24) is 5.43 Å². The number of nitrogens with zero attached hydrogens (tertiary/aromatic N) is 3. The first-order valence-corrected chi connectivity index (χ1v) is 10.6. The number of nitro groups is 1. The summed E-state index contributed by atoms with van der Waals surface area (Å²) in [7, 11) is -3.85. The van der Waals surface area contributed by atoms with Crippen LogP contribution in [0.15, 0.2) is 47.6 Å². The molecule has 0 aromatic heterocycles. The van der Waals surface area contributed by atoms with E-state index in [0.29, 0.717) is 11.3 Å². The van der Waals surface area contributed by atoms with Gasteiger partial charge in [-0.05, 0) is 19.1 Å². The molecule has 9 nitrogen and oxygen atoms in total. The lowest BCUT2D eigenvalue weighted by Crippen LogP contribution is -2.39. The maximum atomic E-state index is 12.3. The Kier molecular flexibility index (Phi) is 7.17. The van der Waals surface area contributed by atoms with Gasteiger partial charge in [0.1, 0.15) is 6.54 Å². The first-order valence-electron chi connectivity index (χ1n) is 8.00. The highest BCUT2D eigenvalue weighted by atomic mass is 35.5. The summed E-state index contributed by atoms with van der Waals surface area (Å²) in [5.41, 5.74) is 2.89. The highest BCUT2D eigenvalue weighted by molar-refractivity contribution is 7.92. The second-order valence-corrected chi connectivity index (χ2v) is 8.57. The number of carbonyl (C=O) groups excluding carboxylic acids is 1. The van der Waals surface area contributed by atoms with Crippen LogP contribution in [0, 0.1) is 10.1 Å². The summed E-state index contributed by atoms with van der Waals surface area (Å²) in [5, 5.41) is 14.9. The van der Waals surface area contributed by atoms with Crippen LogP contribution in [0.4, 0.5) is 11.4 Å². The zero-order valence-corrected chi connectivity index (χ0v) is 17.6. The van der Waals surface area contributed by atoms with E-state index in [0.717, 1.165) is 10.6 Å². The molecular formula is C17H16Cl2N4O5S. The summed E-state index contributed by atoms with van der Waals surface area (Å²) in [6.45, 7) is 0.951. The van der Waals surface area contributed by atoms with Gasteiger partial charge < -0.3 is 0 Å². The molecule has 0 saturated heterocycles. The summed E-state index contributed by atoms with van der Waals surface area (Å²) >= 11 is 12.0. The van der Waals surface area contributed by atoms with Crippen molar-refractivity contribution < 1.29 is 18.1 Å². The van der Waals surface area contributed by atoms with Gasteiger partial charge in [0.2, 0.25) is 10.0 Å². The summed E-state index contributed by atoms with van der Waals surface area (Å²) in [4.78, 5) is 22.6. The van der Waals surface area contributed by atoms with E-state index in [2.05, 4.69) is 10.5 Å². The number of rotatable bonds is 7. The van der Waals surface area contributed by atoms with Crippen LogP contribution in [-0.4, -0.2) is 37.8 Å². The lowest BCUT2D eigenvalue weighted by molar-refractivity contribution is -0.384. The smallest absolute Gasteiger partial charge is 0.270 e. The van der Waals surface area contributed by atoms with E-state index in [9.17, 15) is 23.3 Å². The zero-order chi connectivity index (χ0) is 21.8. The number of nitro benzene ring substituents is 1. The van der Waals surface area contributed by atoms with Crippen LogP contribution in [-0.2, 0) is 14.8 Å². The van der Waals surface area contributed by atoms with Crippen molar-refractivity contribution in [2.45, 2.75) is 6.92 Å². The zero-order valence-electron chi connectivity index (χ0n) is 15.3. The third-order valence-corrected chi connectivity index (χ3v) is 5.65. The number of hydrogen-bond donors (Lipinski definition) is 1. The molecule has 0 spiro atoms. The first kappa shape index (κ1) is 22.6. The molecule has 154 valence electrons. The quantitative estimate of drug-likeness (QED) is 0.387. The SMILES string of the molecule is C/C(=N/NC(=O)CN(c1cccc(Cl)c1Cl)S(C)(=O)=O)c1cccc([N+](=O)[O-])c1. The number of amides is 1. The van der Waals surface area contributed by atoms with Crippen molar-refractivity contribution in [2.24, 2.45) is 5.10 Å². The maximum absolute atomic E-state index is 12.3. The van der Waals surface area contributed by atoms with E-state index in [-0.39, 0.29) is 21.4 Å². The van der Waals surface area contributed by atoms with Gasteiger partial charge in [-0.2, -0.15) is 5.10 Å². The molecule has 1 N–H and O–H groups in total. The molecule has 0 radical (unpaired) electrons. The fourth-order valence-electron chi connectivity index (χ4n) is 2.29. The number of carbonyl (C=O) groups is 1. The van der Waals surface area contributed by atoms with Gasteiger partial charge in [-0.15, -0.1) is 0 Å². The fraction of sp³-hybridized carbons (Fsp3) is 0.176. The van der Waals surface area contributed by atoms with E-state index in [4.69, 9.17) is 23.2 Å². The topological polar surface area (TPSA) is 122 Å². The van der Waals surface area contributed by atoms with Crippen molar-refractivity contribution in [3.63, 3.8) is 0 Å². The van der Waals surface area contributed by atoms with Crippen LogP contribution in [0.25, 0.3) is 0 Å². The number of sulfonamides is 1. The van der Waals surface area contributed by atoms with Gasteiger partial charge in [0, 0.05) is 17.7 Å². The normalized spacial score (nSPS) is 11.8. The number of hydrogen-bond acceptors (Lipinski definition) is 6. The molecule has 0 aliphatic rings. The second kappa shape index (κ2) is 9.21. The largest absolute Gasteiger partial charge is 0.271 e. The Labute approximate surface area is 177 Å². The highest BCUT2D eigenvalue weighted by Crippen LogP contribution is 2.33. The highest BCUT2D eigenvalue weighted by Gasteiger charge is 2.24. The molecule has 1 amide bonds. The molecule has 2 rings (SSSR count). The van der Waals surface area contributed by atoms with Crippen LogP contribution in [0.3, 0.4) is 0 Å². The van der Waals surface area contributed by atoms with Gasteiger partial charge in [-0.3, -0.25) is 19.2 Å². The molecule has 0 bridgehead atoms. The van der Waals surface area contributed by atoms with Gasteiger partial charge in [-0.25, -0.2) is 13.8 Å². The fourth-order valence-corrected chi connectivity index (χ4v) is 3.60. The van der Waals surface area contributed by atoms with Crippen LogP contribution >= 0.6 is 23.2 Å². The van der Waals surface area contributed by atoms with E-state index < -0.39 is 27.4 Å². The van der Waals surface area contributed by atoms with Crippen LogP contribution in [0.2, 0.25) is 10.0 Å². The molecule has 2 aromatic rings. The molecule has 0 aliphatic carbocycles. The first-order chi connectivity index (χ1) is 13.5.